The molecule has 0 radical (unpaired) electrons. The molecule has 0 aromatic carbocycles. The predicted molar refractivity (Wildman–Crippen MR) is 275 cm³/mol. The van der Waals surface area contributed by atoms with Crippen LogP contribution in [0.2, 0.25) is 0 Å². The maximum Gasteiger partial charge on any atom is 0.306 e. The predicted octanol–water partition coefficient (Wildman–Crippen LogP) is 18.3. The van der Waals surface area contributed by atoms with Crippen molar-refractivity contribution in [3.63, 3.8) is 0 Å². The molecule has 0 aliphatic carbocycles. The molecule has 64 heavy (non-hydrogen) atoms. The van der Waals surface area contributed by atoms with Gasteiger partial charge in [0.25, 0.3) is 0 Å². The highest BCUT2D eigenvalue weighted by molar-refractivity contribution is 5.71. The highest BCUT2D eigenvalue weighted by Crippen LogP contribution is 2.16. The molecular formula is C58H104O6. The zero-order chi connectivity index (χ0) is 46.5. The molecule has 6 heteroatoms. The Bertz CT molecular complexity index is 1120. The Labute approximate surface area is 397 Å². The van der Waals surface area contributed by atoms with E-state index in [4.69, 9.17) is 14.2 Å². The molecular weight excluding hydrogens is 793 g/mol. The van der Waals surface area contributed by atoms with Crippen molar-refractivity contribution in [2.75, 3.05) is 13.2 Å². The Kier molecular flexibility index (Phi) is 50.8. The molecule has 0 aromatic rings. The fourth-order valence-electron chi connectivity index (χ4n) is 7.92. The van der Waals surface area contributed by atoms with Crippen LogP contribution in [0.3, 0.4) is 0 Å². The molecule has 0 bridgehead atoms. The highest BCUT2D eigenvalue weighted by atomic mass is 16.6. The van der Waals surface area contributed by atoms with Gasteiger partial charge in [0.15, 0.2) is 6.10 Å². The van der Waals surface area contributed by atoms with Crippen molar-refractivity contribution in [3.05, 3.63) is 48.6 Å². The third-order valence-electron chi connectivity index (χ3n) is 12.1. The molecule has 0 saturated heterocycles. The van der Waals surface area contributed by atoms with Crippen molar-refractivity contribution in [2.24, 2.45) is 0 Å². The minimum absolute atomic E-state index is 0.0801. The summed E-state index contributed by atoms with van der Waals surface area (Å²) in [4.78, 5) is 38.1. The van der Waals surface area contributed by atoms with Crippen LogP contribution in [-0.2, 0) is 28.6 Å². The maximum absolute atomic E-state index is 12.8. The largest absolute Gasteiger partial charge is 0.462 e. The first-order valence-electron chi connectivity index (χ1n) is 27.6. The summed E-state index contributed by atoms with van der Waals surface area (Å²) in [6.07, 6.45) is 63.8. The topological polar surface area (TPSA) is 78.9 Å². The SMILES string of the molecule is CC/C=C\C/C=C\C/C=C\CCCCCCCC(=O)O[C@@H](COC(=O)CCCCCCC/C=C\CCCCCCCCC)COC(=O)CCCCCCCCCCCCCCCCC. The van der Waals surface area contributed by atoms with E-state index >= 15 is 0 Å². The normalized spacial score (nSPS) is 12.4. The van der Waals surface area contributed by atoms with Gasteiger partial charge in [-0.2, -0.15) is 0 Å². The summed E-state index contributed by atoms with van der Waals surface area (Å²) in [7, 11) is 0. The molecule has 0 aromatic heterocycles. The third kappa shape index (κ3) is 50.4. The second kappa shape index (κ2) is 53.0. The Balaban J connectivity index is 4.39. The van der Waals surface area contributed by atoms with Gasteiger partial charge in [0.1, 0.15) is 13.2 Å². The first kappa shape index (κ1) is 61.4. The third-order valence-corrected chi connectivity index (χ3v) is 12.1. The summed E-state index contributed by atoms with van der Waals surface area (Å²) >= 11 is 0. The highest BCUT2D eigenvalue weighted by Gasteiger charge is 2.19. The van der Waals surface area contributed by atoms with E-state index in [1.54, 1.807) is 0 Å². The summed E-state index contributed by atoms with van der Waals surface area (Å²) in [6, 6.07) is 0. The van der Waals surface area contributed by atoms with Crippen LogP contribution in [-0.4, -0.2) is 37.2 Å². The van der Waals surface area contributed by atoms with Crippen LogP contribution < -0.4 is 0 Å². The Morgan fingerprint density at radius 1 is 0.328 bits per heavy atom. The van der Waals surface area contributed by atoms with Crippen molar-refractivity contribution >= 4 is 17.9 Å². The van der Waals surface area contributed by atoms with Gasteiger partial charge in [-0.25, -0.2) is 0 Å². The van der Waals surface area contributed by atoms with Gasteiger partial charge in [0, 0.05) is 19.3 Å². The fraction of sp³-hybridized carbons (Fsp3) is 0.810. The monoisotopic (exact) mass is 897 g/mol. The van der Waals surface area contributed by atoms with Gasteiger partial charge in [0.2, 0.25) is 0 Å². The van der Waals surface area contributed by atoms with Crippen molar-refractivity contribution in [1.29, 1.82) is 0 Å². The van der Waals surface area contributed by atoms with Crippen LogP contribution in [0.15, 0.2) is 48.6 Å². The smallest absolute Gasteiger partial charge is 0.306 e. The number of ether oxygens (including phenoxy) is 3. The number of esters is 3. The van der Waals surface area contributed by atoms with Gasteiger partial charge in [-0.15, -0.1) is 0 Å². The van der Waals surface area contributed by atoms with Crippen molar-refractivity contribution in [3.8, 4) is 0 Å². The lowest BCUT2D eigenvalue weighted by Gasteiger charge is -2.18. The lowest BCUT2D eigenvalue weighted by Crippen LogP contribution is -2.30. The average molecular weight is 897 g/mol. The van der Waals surface area contributed by atoms with Crippen LogP contribution in [0.4, 0.5) is 0 Å². The number of carbonyl (C=O) groups is 3. The van der Waals surface area contributed by atoms with E-state index in [1.807, 2.05) is 0 Å². The molecule has 372 valence electrons. The molecule has 0 saturated carbocycles. The Hall–Kier alpha value is -2.63. The van der Waals surface area contributed by atoms with Crippen LogP contribution in [0, 0.1) is 0 Å². The maximum atomic E-state index is 12.8. The van der Waals surface area contributed by atoms with Crippen LogP contribution in [0.5, 0.6) is 0 Å². The second-order valence-electron chi connectivity index (χ2n) is 18.5. The van der Waals surface area contributed by atoms with E-state index in [0.29, 0.717) is 19.3 Å². The fourth-order valence-corrected chi connectivity index (χ4v) is 7.92. The van der Waals surface area contributed by atoms with Crippen LogP contribution in [0.1, 0.15) is 284 Å². The molecule has 0 unspecified atom stereocenters. The zero-order valence-corrected chi connectivity index (χ0v) is 42.6. The van der Waals surface area contributed by atoms with Crippen LogP contribution >= 0.6 is 0 Å². The van der Waals surface area contributed by atoms with E-state index in [1.165, 1.54) is 141 Å². The molecule has 0 fully saturated rings. The van der Waals surface area contributed by atoms with Crippen LogP contribution in [0.25, 0.3) is 0 Å². The first-order valence-corrected chi connectivity index (χ1v) is 27.6. The number of carbonyl (C=O) groups excluding carboxylic acids is 3. The first-order chi connectivity index (χ1) is 31.5. The van der Waals surface area contributed by atoms with Gasteiger partial charge in [-0.3, -0.25) is 14.4 Å². The van der Waals surface area contributed by atoms with Gasteiger partial charge in [-0.05, 0) is 77.0 Å². The molecule has 0 heterocycles. The Morgan fingerprint density at radius 2 is 0.609 bits per heavy atom. The lowest BCUT2D eigenvalue weighted by molar-refractivity contribution is -0.167. The molecule has 0 spiro atoms. The molecule has 0 rings (SSSR count). The zero-order valence-electron chi connectivity index (χ0n) is 42.6. The minimum atomic E-state index is -0.783. The van der Waals surface area contributed by atoms with E-state index in [0.717, 1.165) is 103 Å². The standard InChI is InChI=1S/C58H104O6/c1-4-7-10-13-16-19-22-25-28-31-33-36-39-42-45-48-51-57(60)63-54-55(64-58(61)52-49-46-43-40-37-34-30-27-24-21-18-15-12-9-6-3)53-62-56(59)50-47-44-41-38-35-32-29-26-23-20-17-14-11-8-5-2/h9,12,18,21,27-28,30-31,55H,4-8,10-11,13-17,19-20,22-26,29,32-54H2,1-3H3/b12-9-,21-18-,30-27-,31-28-/t55-/m1/s1. The van der Waals surface area contributed by atoms with Crippen molar-refractivity contribution in [1.82, 2.24) is 0 Å². The summed E-state index contributed by atoms with van der Waals surface area (Å²) in [5, 5.41) is 0. The second-order valence-corrected chi connectivity index (χ2v) is 18.5. The average Bonchev–Trinajstić information content (AvgIpc) is 3.29. The quantitative estimate of drug-likeness (QED) is 0.0262. The number of hydrogen-bond acceptors (Lipinski definition) is 6. The Morgan fingerprint density at radius 3 is 0.969 bits per heavy atom. The van der Waals surface area contributed by atoms with Gasteiger partial charge < -0.3 is 14.2 Å². The summed E-state index contributed by atoms with van der Waals surface area (Å²) in [5.41, 5.74) is 0. The summed E-state index contributed by atoms with van der Waals surface area (Å²) in [6.45, 7) is 6.53. The molecule has 0 amide bonds. The van der Waals surface area contributed by atoms with E-state index in [2.05, 4.69) is 69.4 Å². The van der Waals surface area contributed by atoms with Gasteiger partial charge in [-0.1, -0.05) is 236 Å². The van der Waals surface area contributed by atoms with E-state index < -0.39 is 6.10 Å². The van der Waals surface area contributed by atoms with E-state index in [-0.39, 0.29) is 31.1 Å². The molecule has 0 aliphatic rings. The minimum Gasteiger partial charge on any atom is -0.462 e. The summed E-state index contributed by atoms with van der Waals surface area (Å²) < 4.78 is 16.8. The lowest BCUT2D eigenvalue weighted by atomic mass is 10.0. The molecule has 0 N–H and O–H groups in total. The van der Waals surface area contributed by atoms with Gasteiger partial charge in [0.05, 0.1) is 0 Å². The number of hydrogen-bond donors (Lipinski definition) is 0. The number of allylic oxidation sites excluding steroid dienone is 8. The molecule has 6 nitrogen and oxygen atoms in total. The summed E-state index contributed by atoms with van der Waals surface area (Å²) in [5.74, 6) is -0.894. The number of rotatable bonds is 50. The molecule has 0 aliphatic heterocycles. The number of unbranched alkanes of at least 4 members (excludes halogenated alkanes) is 31. The molecule has 1 atom stereocenters. The van der Waals surface area contributed by atoms with E-state index in [9.17, 15) is 14.4 Å². The van der Waals surface area contributed by atoms with Crippen molar-refractivity contribution < 1.29 is 28.6 Å². The van der Waals surface area contributed by atoms with Crippen molar-refractivity contribution in [2.45, 2.75) is 290 Å². The van der Waals surface area contributed by atoms with Gasteiger partial charge >= 0.3 is 17.9 Å².